The highest BCUT2D eigenvalue weighted by atomic mass is 14.8. The number of rotatable bonds is 0. The lowest BCUT2D eigenvalue weighted by Crippen LogP contribution is -1.90. The van der Waals surface area contributed by atoms with Crippen LogP contribution in [0.2, 0.25) is 0 Å². The number of aryl methyl sites for hydroxylation is 6. The first-order valence-corrected chi connectivity index (χ1v) is 15.5. The average molecular weight is 589 g/mol. The molecule has 0 amide bonds. The van der Waals surface area contributed by atoms with Crippen LogP contribution >= 0.6 is 0 Å². The van der Waals surface area contributed by atoms with Crippen LogP contribution in [-0.2, 0) is 19.3 Å². The fraction of sp³-hybridized carbons (Fsp3) is 0.231. The smallest absolute Gasteiger partial charge is 0.0927 e. The lowest BCUT2D eigenvalue weighted by atomic mass is 10.1. The van der Waals surface area contributed by atoms with Crippen molar-refractivity contribution in [1.82, 2.24) is 29.9 Å². The van der Waals surface area contributed by atoms with Gasteiger partial charge in [-0.1, -0.05) is 18.2 Å². The van der Waals surface area contributed by atoms with Gasteiger partial charge in [0.1, 0.15) is 0 Å². The van der Waals surface area contributed by atoms with Crippen molar-refractivity contribution in [1.29, 1.82) is 0 Å². The van der Waals surface area contributed by atoms with Gasteiger partial charge in [0.15, 0.2) is 0 Å². The van der Waals surface area contributed by atoms with Crippen molar-refractivity contribution in [3.05, 3.63) is 140 Å². The third kappa shape index (κ3) is 5.31. The molecule has 6 aromatic rings. The van der Waals surface area contributed by atoms with Crippen LogP contribution in [0.25, 0.3) is 34.2 Å². The zero-order valence-corrected chi connectivity index (χ0v) is 26.7. The van der Waals surface area contributed by atoms with E-state index in [-0.39, 0.29) is 0 Å². The quantitative estimate of drug-likeness (QED) is 0.179. The minimum absolute atomic E-state index is 0.977. The molecule has 6 aromatic heterocycles. The van der Waals surface area contributed by atoms with Crippen LogP contribution < -0.4 is 0 Å². The van der Waals surface area contributed by atoms with Crippen LogP contribution in [0.1, 0.15) is 67.2 Å². The molecule has 0 saturated heterocycles. The molecule has 45 heavy (non-hydrogen) atoms. The Kier molecular flexibility index (Phi) is 7.28. The maximum absolute atomic E-state index is 4.57. The average Bonchev–Trinajstić information content (AvgIpc) is 3.71. The van der Waals surface area contributed by atoms with Gasteiger partial charge in [0.25, 0.3) is 0 Å². The molecular weight excluding hydrogens is 552 g/mol. The van der Waals surface area contributed by atoms with E-state index in [4.69, 9.17) is 0 Å². The van der Waals surface area contributed by atoms with Gasteiger partial charge in [0, 0.05) is 54.9 Å². The van der Waals surface area contributed by atoms with E-state index in [9.17, 15) is 0 Å². The topological polar surface area (TPSA) is 77.3 Å². The summed E-state index contributed by atoms with van der Waals surface area (Å²) in [6, 6.07) is 18.9. The molecule has 222 valence electrons. The second-order valence-electron chi connectivity index (χ2n) is 12.3. The Labute approximate surface area is 264 Å². The summed E-state index contributed by atoms with van der Waals surface area (Å²) in [5.74, 6) is 0. The van der Waals surface area contributed by atoms with Gasteiger partial charge in [0.05, 0.1) is 34.2 Å². The Bertz CT molecular complexity index is 1980. The van der Waals surface area contributed by atoms with Gasteiger partial charge in [-0.25, -0.2) is 0 Å². The molecule has 0 N–H and O–H groups in total. The first-order chi connectivity index (χ1) is 21.8. The van der Waals surface area contributed by atoms with E-state index in [2.05, 4.69) is 105 Å². The molecule has 6 nitrogen and oxygen atoms in total. The number of hydrogen-bond donors (Lipinski definition) is 0. The first kappa shape index (κ1) is 28.7. The zero-order valence-electron chi connectivity index (χ0n) is 26.7. The van der Waals surface area contributed by atoms with Gasteiger partial charge in [-0.15, -0.1) is 0 Å². The Balaban J connectivity index is 0.000000108. The van der Waals surface area contributed by atoms with Crippen molar-refractivity contribution in [3.63, 3.8) is 0 Å². The van der Waals surface area contributed by atoms with E-state index in [0.717, 1.165) is 70.5 Å². The minimum atomic E-state index is 0.977. The summed E-state index contributed by atoms with van der Waals surface area (Å²) in [4.78, 5) is 27.0. The maximum atomic E-state index is 4.57. The molecule has 9 rings (SSSR count). The molecule has 0 aromatic carbocycles. The van der Waals surface area contributed by atoms with Crippen LogP contribution in [0.3, 0.4) is 0 Å². The minimum Gasteiger partial charge on any atom is -0.254 e. The predicted molar refractivity (Wildman–Crippen MR) is 179 cm³/mol. The Morgan fingerprint density at radius 1 is 0.356 bits per heavy atom. The van der Waals surface area contributed by atoms with Crippen LogP contribution in [0.4, 0.5) is 0 Å². The van der Waals surface area contributed by atoms with Crippen molar-refractivity contribution >= 4 is 0 Å². The number of hydrogen-bond acceptors (Lipinski definition) is 6. The first-order valence-electron chi connectivity index (χ1n) is 15.5. The number of nitrogens with zero attached hydrogens (tertiary/aromatic N) is 6. The molecule has 0 unspecified atom stereocenters. The predicted octanol–water partition coefficient (Wildman–Crippen LogP) is 7.99. The van der Waals surface area contributed by atoms with E-state index in [1.807, 2.05) is 39.4 Å². The molecule has 3 aliphatic rings. The molecule has 0 spiro atoms. The van der Waals surface area contributed by atoms with E-state index < -0.39 is 0 Å². The molecule has 0 aliphatic heterocycles. The normalized spacial score (nSPS) is 12.4. The number of fused-ring (bicyclic) bond motifs is 9. The van der Waals surface area contributed by atoms with Crippen molar-refractivity contribution in [2.45, 2.75) is 60.8 Å². The fourth-order valence-corrected chi connectivity index (χ4v) is 6.42. The monoisotopic (exact) mass is 588 g/mol. The zero-order chi connectivity index (χ0) is 31.2. The fourth-order valence-electron chi connectivity index (χ4n) is 6.42. The summed E-state index contributed by atoms with van der Waals surface area (Å²) in [5, 5.41) is 0. The van der Waals surface area contributed by atoms with Crippen LogP contribution in [0.15, 0.2) is 73.2 Å². The molecule has 0 bridgehead atoms. The Morgan fingerprint density at radius 2 is 0.689 bits per heavy atom. The van der Waals surface area contributed by atoms with Gasteiger partial charge in [0.2, 0.25) is 0 Å². The molecule has 6 heteroatoms. The lowest BCUT2D eigenvalue weighted by molar-refractivity contribution is 1.15. The van der Waals surface area contributed by atoms with Crippen molar-refractivity contribution in [2.24, 2.45) is 0 Å². The van der Waals surface area contributed by atoms with Crippen LogP contribution in [0, 0.1) is 41.5 Å². The van der Waals surface area contributed by atoms with Crippen molar-refractivity contribution in [3.8, 4) is 34.2 Å². The Morgan fingerprint density at radius 3 is 1.11 bits per heavy atom. The summed E-state index contributed by atoms with van der Waals surface area (Å²) in [6.07, 6.45) is 8.56. The second kappa shape index (κ2) is 11.4. The lowest BCUT2D eigenvalue weighted by Gasteiger charge is -2.01. The number of aromatic nitrogens is 6. The second-order valence-corrected chi connectivity index (χ2v) is 12.3. The van der Waals surface area contributed by atoms with Crippen molar-refractivity contribution < 1.29 is 0 Å². The van der Waals surface area contributed by atoms with E-state index in [1.54, 1.807) is 0 Å². The summed E-state index contributed by atoms with van der Waals surface area (Å²) >= 11 is 0. The van der Waals surface area contributed by atoms with Crippen molar-refractivity contribution in [2.75, 3.05) is 0 Å². The summed E-state index contributed by atoms with van der Waals surface area (Å²) in [7, 11) is 0. The van der Waals surface area contributed by atoms with E-state index in [0.29, 0.717) is 0 Å². The van der Waals surface area contributed by atoms with Crippen LogP contribution in [-0.4, -0.2) is 29.9 Å². The van der Waals surface area contributed by atoms with E-state index >= 15 is 0 Å². The maximum Gasteiger partial charge on any atom is 0.0927 e. The molecule has 0 atom stereocenters. The molecule has 6 heterocycles. The third-order valence-corrected chi connectivity index (χ3v) is 9.00. The van der Waals surface area contributed by atoms with E-state index in [1.165, 1.54) is 50.1 Å². The van der Waals surface area contributed by atoms with Gasteiger partial charge in [-0.3, -0.25) is 29.9 Å². The molecule has 3 aliphatic carbocycles. The SMILES string of the molecule is Cc1ccc2c(n1)-c1nc(C)ccc1C2.Cc1ccc2c(n1)-c1nccc(C)c1C2.Cc1ccnc2c1Cc1c(C)ccnc1-2. The van der Waals surface area contributed by atoms with Gasteiger partial charge in [-0.2, -0.15) is 0 Å². The molecule has 0 radical (unpaired) electrons. The summed E-state index contributed by atoms with van der Waals surface area (Å²) in [5.41, 5.74) is 21.5. The Hall–Kier alpha value is -5.10. The van der Waals surface area contributed by atoms with Gasteiger partial charge in [-0.05, 0) is 128 Å². The highest BCUT2D eigenvalue weighted by Gasteiger charge is 2.24. The van der Waals surface area contributed by atoms with Gasteiger partial charge < -0.3 is 0 Å². The number of pyridine rings is 6. The van der Waals surface area contributed by atoms with Crippen LogP contribution in [0.5, 0.6) is 0 Å². The van der Waals surface area contributed by atoms with Gasteiger partial charge >= 0.3 is 0 Å². The molecular formula is C39H36N6. The molecule has 0 fully saturated rings. The largest absolute Gasteiger partial charge is 0.254 e. The molecule has 0 saturated carbocycles. The summed E-state index contributed by atoms with van der Waals surface area (Å²) < 4.78 is 0. The standard InChI is InChI=1S/3C13H12N2/c1-8-3-5-14-12-10(8)7-11-9(2)4-6-15-13(11)12;1-8-3-5-10-7-11-6-4-9(2)15-13(11)12(10)14-8;1-8-5-6-14-13-11(8)7-10-4-3-9(2)15-12(10)13/h3*3-6H,7H2,1-2H3. The summed E-state index contributed by atoms with van der Waals surface area (Å²) in [6.45, 7) is 12.5. The third-order valence-electron chi connectivity index (χ3n) is 9.00. The highest BCUT2D eigenvalue weighted by molar-refractivity contribution is 5.73. The highest BCUT2D eigenvalue weighted by Crippen LogP contribution is 2.37.